The average Bonchev–Trinajstić information content (AvgIpc) is 2.28. The molecule has 0 aliphatic carbocycles. The first-order valence-corrected chi connectivity index (χ1v) is 7.54. The molecule has 18 heavy (non-hydrogen) atoms. The molecule has 0 aromatic heterocycles. The Morgan fingerprint density at radius 1 is 1.33 bits per heavy atom. The average molecular weight is 272 g/mol. The van der Waals surface area contributed by atoms with E-state index in [-0.39, 0.29) is 6.54 Å². The molecule has 0 saturated carbocycles. The summed E-state index contributed by atoms with van der Waals surface area (Å²) in [5.41, 5.74) is 6.89. The molecule has 0 aliphatic heterocycles. The lowest BCUT2D eigenvalue weighted by atomic mass is 10.0. The number of nitrogens with zero attached hydrogens (tertiary/aromatic N) is 1. The lowest BCUT2D eigenvalue weighted by Gasteiger charge is -2.23. The van der Waals surface area contributed by atoms with Gasteiger partial charge in [0.15, 0.2) is 0 Å². The van der Waals surface area contributed by atoms with Crippen LogP contribution in [0.1, 0.15) is 5.56 Å². The van der Waals surface area contributed by atoms with Gasteiger partial charge in [-0.3, -0.25) is 0 Å². The first kappa shape index (κ1) is 15.1. The third-order valence-electron chi connectivity index (χ3n) is 2.82. The Balaban J connectivity index is 2.55. The van der Waals surface area contributed by atoms with Crippen molar-refractivity contribution in [1.29, 1.82) is 0 Å². The Hall–Kier alpha value is -0.950. The van der Waals surface area contributed by atoms with E-state index >= 15 is 0 Å². The fourth-order valence-corrected chi connectivity index (χ4v) is 1.98. The molecule has 0 radical (unpaired) electrons. The zero-order chi connectivity index (χ0) is 13.8. The number of hydrogen-bond donors (Lipinski definition) is 2. The van der Waals surface area contributed by atoms with Gasteiger partial charge in [0.2, 0.25) is 10.0 Å². The van der Waals surface area contributed by atoms with Gasteiger partial charge in [-0.25, -0.2) is 12.7 Å². The SMILES string of the molecule is CN(C[C@H](O)[C@H](N)Cc1ccccc1)S(C)(=O)=O. The molecule has 1 rings (SSSR count). The van der Waals surface area contributed by atoms with Crippen LogP contribution in [0.25, 0.3) is 0 Å². The molecule has 102 valence electrons. The van der Waals surface area contributed by atoms with Crippen molar-refractivity contribution >= 4 is 10.0 Å². The Labute approximate surface area is 108 Å². The first-order chi connectivity index (χ1) is 8.30. The summed E-state index contributed by atoms with van der Waals surface area (Å²) in [6.45, 7) is 0.00678. The molecule has 5 nitrogen and oxygen atoms in total. The summed E-state index contributed by atoms with van der Waals surface area (Å²) >= 11 is 0. The van der Waals surface area contributed by atoms with Crippen LogP contribution in [0.2, 0.25) is 0 Å². The maximum Gasteiger partial charge on any atom is 0.211 e. The van der Waals surface area contributed by atoms with Crippen molar-refractivity contribution in [2.45, 2.75) is 18.6 Å². The van der Waals surface area contributed by atoms with Gasteiger partial charge in [-0.15, -0.1) is 0 Å². The highest BCUT2D eigenvalue weighted by Crippen LogP contribution is 2.06. The van der Waals surface area contributed by atoms with Gasteiger partial charge in [0.05, 0.1) is 12.4 Å². The molecule has 0 fully saturated rings. The van der Waals surface area contributed by atoms with Crippen LogP contribution in [-0.4, -0.2) is 49.8 Å². The van der Waals surface area contributed by atoms with Crippen LogP contribution in [0.15, 0.2) is 30.3 Å². The summed E-state index contributed by atoms with van der Waals surface area (Å²) in [6.07, 6.45) is 0.729. The van der Waals surface area contributed by atoms with Gasteiger partial charge in [-0.2, -0.15) is 0 Å². The van der Waals surface area contributed by atoms with Gasteiger partial charge in [-0.05, 0) is 12.0 Å². The standard InChI is InChI=1S/C12H20N2O3S/c1-14(18(2,16)17)9-12(15)11(13)8-10-6-4-3-5-7-10/h3-7,11-12,15H,8-9,13H2,1-2H3/t11-,12+/m1/s1. The van der Waals surface area contributed by atoms with Crippen molar-refractivity contribution in [3.8, 4) is 0 Å². The number of hydrogen-bond acceptors (Lipinski definition) is 4. The largest absolute Gasteiger partial charge is 0.390 e. The van der Waals surface area contributed by atoms with E-state index in [9.17, 15) is 13.5 Å². The second kappa shape index (κ2) is 6.29. The maximum absolute atomic E-state index is 11.2. The lowest BCUT2D eigenvalue weighted by Crippen LogP contribution is -2.44. The quantitative estimate of drug-likeness (QED) is 0.752. The van der Waals surface area contributed by atoms with E-state index in [1.807, 2.05) is 30.3 Å². The maximum atomic E-state index is 11.2. The highest BCUT2D eigenvalue weighted by atomic mass is 32.2. The van der Waals surface area contributed by atoms with Gasteiger partial charge in [0.1, 0.15) is 0 Å². The third kappa shape index (κ3) is 4.73. The topological polar surface area (TPSA) is 83.6 Å². The van der Waals surface area contributed by atoms with Crippen LogP contribution < -0.4 is 5.73 Å². The lowest BCUT2D eigenvalue weighted by molar-refractivity contribution is 0.125. The van der Waals surface area contributed by atoms with E-state index in [0.29, 0.717) is 6.42 Å². The van der Waals surface area contributed by atoms with Crippen molar-refractivity contribution in [3.05, 3.63) is 35.9 Å². The van der Waals surface area contributed by atoms with Crippen molar-refractivity contribution in [3.63, 3.8) is 0 Å². The van der Waals surface area contributed by atoms with E-state index < -0.39 is 22.2 Å². The zero-order valence-corrected chi connectivity index (χ0v) is 11.5. The second-order valence-corrected chi connectivity index (χ2v) is 6.55. The highest BCUT2D eigenvalue weighted by molar-refractivity contribution is 7.88. The molecule has 1 aromatic carbocycles. The molecule has 0 bridgehead atoms. The molecule has 0 unspecified atom stereocenters. The van der Waals surface area contributed by atoms with Crippen molar-refractivity contribution < 1.29 is 13.5 Å². The predicted octanol–water partition coefficient (Wildman–Crippen LogP) is -0.191. The van der Waals surface area contributed by atoms with E-state index in [1.165, 1.54) is 7.05 Å². The van der Waals surface area contributed by atoms with E-state index in [2.05, 4.69) is 0 Å². The first-order valence-electron chi connectivity index (χ1n) is 5.69. The number of benzene rings is 1. The summed E-state index contributed by atoms with van der Waals surface area (Å²) in [7, 11) is -1.86. The number of aliphatic hydroxyl groups excluding tert-OH is 1. The van der Waals surface area contributed by atoms with E-state index in [0.717, 1.165) is 16.1 Å². The summed E-state index contributed by atoms with van der Waals surface area (Å²) < 4.78 is 23.5. The number of sulfonamides is 1. The molecular weight excluding hydrogens is 252 g/mol. The Kier molecular flexibility index (Phi) is 5.28. The minimum atomic E-state index is -3.29. The fourth-order valence-electron chi connectivity index (χ4n) is 1.56. The molecule has 0 amide bonds. The van der Waals surface area contributed by atoms with E-state index in [1.54, 1.807) is 0 Å². The molecule has 0 heterocycles. The van der Waals surface area contributed by atoms with Gasteiger partial charge in [-0.1, -0.05) is 30.3 Å². The van der Waals surface area contributed by atoms with Crippen LogP contribution in [0.4, 0.5) is 0 Å². The minimum Gasteiger partial charge on any atom is -0.390 e. The molecule has 2 atom stereocenters. The van der Waals surface area contributed by atoms with E-state index in [4.69, 9.17) is 5.73 Å². The van der Waals surface area contributed by atoms with Gasteiger partial charge < -0.3 is 10.8 Å². The van der Waals surface area contributed by atoms with Gasteiger partial charge in [0.25, 0.3) is 0 Å². The van der Waals surface area contributed by atoms with Crippen molar-refractivity contribution in [2.24, 2.45) is 5.73 Å². The Bertz CT molecular complexity index is 461. The number of rotatable bonds is 6. The normalized spacial score (nSPS) is 15.6. The predicted molar refractivity (Wildman–Crippen MR) is 71.6 cm³/mol. The molecular formula is C12H20N2O3S. The van der Waals surface area contributed by atoms with Crippen LogP contribution >= 0.6 is 0 Å². The van der Waals surface area contributed by atoms with Crippen molar-refractivity contribution in [1.82, 2.24) is 4.31 Å². The number of nitrogens with two attached hydrogens (primary N) is 1. The van der Waals surface area contributed by atoms with Crippen LogP contribution in [0.5, 0.6) is 0 Å². The van der Waals surface area contributed by atoms with Crippen molar-refractivity contribution in [2.75, 3.05) is 19.8 Å². The smallest absolute Gasteiger partial charge is 0.211 e. The third-order valence-corrected chi connectivity index (χ3v) is 4.10. The van der Waals surface area contributed by atoms with Crippen LogP contribution in [0, 0.1) is 0 Å². The minimum absolute atomic E-state index is 0.00678. The van der Waals surface area contributed by atoms with Crippen LogP contribution in [-0.2, 0) is 16.4 Å². The molecule has 3 N–H and O–H groups in total. The summed E-state index contributed by atoms with van der Waals surface area (Å²) in [4.78, 5) is 0. The molecule has 0 aliphatic rings. The zero-order valence-electron chi connectivity index (χ0n) is 10.7. The summed E-state index contributed by atoms with van der Waals surface area (Å²) in [5, 5.41) is 9.88. The fraction of sp³-hybridized carbons (Fsp3) is 0.500. The van der Waals surface area contributed by atoms with Crippen LogP contribution in [0.3, 0.4) is 0 Å². The van der Waals surface area contributed by atoms with Gasteiger partial charge >= 0.3 is 0 Å². The second-order valence-electron chi connectivity index (χ2n) is 4.46. The molecule has 0 saturated heterocycles. The summed E-state index contributed by atoms with van der Waals surface area (Å²) in [6, 6.07) is 9.06. The Morgan fingerprint density at radius 2 is 1.89 bits per heavy atom. The van der Waals surface area contributed by atoms with Gasteiger partial charge in [0, 0.05) is 19.6 Å². The number of likely N-dealkylation sites (N-methyl/N-ethyl adjacent to an activating group) is 1. The monoisotopic (exact) mass is 272 g/mol. The number of aliphatic hydroxyl groups is 1. The highest BCUT2D eigenvalue weighted by Gasteiger charge is 2.21. The Morgan fingerprint density at radius 3 is 2.39 bits per heavy atom. The molecule has 1 aromatic rings. The summed E-state index contributed by atoms with van der Waals surface area (Å²) in [5.74, 6) is 0. The molecule has 0 spiro atoms. The molecule has 6 heteroatoms.